The summed E-state index contributed by atoms with van der Waals surface area (Å²) in [6.07, 6.45) is 7.52. The molecule has 0 spiro atoms. The molecule has 6 nitrogen and oxygen atoms in total. The smallest absolute Gasteiger partial charge is 0.410 e. The molecule has 1 fully saturated rings. The average molecular weight is 440 g/mol. The normalized spacial score (nSPS) is 15.0. The summed E-state index contributed by atoms with van der Waals surface area (Å²) in [6.45, 7) is 5.61. The Balaban J connectivity index is 1.31. The number of pyridine rings is 1. The van der Waals surface area contributed by atoms with Gasteiger partial charge in [-0.15, -0.1) is 11.8 Å². The number of thioether (sulfide) groups is 1. The number of hydrogen-bond donors (Lipinski definition) is 0. The summed E-state index contributed by atoms with van der Waals surface area (Å²) in [5.41, 5.74) is 2.20. The number of likely N-dealkylation sites (tertiary alicyclic amines) is 1. The van der Waals surface area contributed by atoms with E-state index in [-0.39, 0.29) is 18.3 Å². The van der Waals surface area contributed by atoms with Crippen molar-refractivity contribution in [1.82, 2.24) is 14.5 Å². The standard InChI is InChI=1S/C24H29N3O3S/c1-17(2)30-24(28)26-11-9-20(10-12-26)29-16-18-4-7-23(25-15-18)27-13-8-19-14-21(31-3)5-6-22(19)27/h4-8,13-15,17,20H,9-12,16H2,1-3H3. The fourth-order valence-corrected chi connectivity index (χ4v) is 4.24. The van der Waals surface area contributed by atoms with Crippen LogP contribution in [0.15, 0.2) is 53.7 Å². The molecule has 4 rings (SSSR count). The van der Waals surface area contributed by atoms with Crippen molar-refractivity contribution in [2.75, 3.05) is 19.3 Å². The van der Waals surface area contributed by atoms with Crippen molar-refractivity contribution >= 4 is 28.8 Å². The Bertz CT molecular complexity index is 1020. The minimum atomic E-state index is -0.226. The third kappa shape index (κ3) is 5.22. The largest absolute Gasteiger partial charge is 0.447 e. The Hall–Kier alpha value is -2.51. The van der Waals surface area contributed by atoms with Crippen LogP contribution in [-0.2, 0) is 16.1 Å². The highest BCUT2D eigenvalue weighted by Crippen LogP contribution is 2.25. The molecule has 1 aliphatic heterocycles. The maximum absolute atomic E-state index is 12.0. The summed E-state index contributed by atoms with van der Waals surface area (Å²) in [7, 11) is 0. The fraction of sp³-hybridized carbons (Fsp3) is 0.417. The molecule has 7 heteroatoms. The lowest BCUT2D eigenvalue weighted by Gasteiger charge is -2.31. The number of benzene rings is 1. The Morgan fingerprint density at radius 1 is 1.19 bits per heavy atom. The van der Waals surface area contributed by atoms with Crippen LogP contribution in [0, 0.1) is 0 Å². The topological polar surface area (TPSA) is 56.6 Å². The van der Waals surface area contributed by atoms with Crippen molar-refractivity contribution in [1.29, 1.82) is 0 Å². The molecule has 0 bridgehead atoms. The number of hydrogen-bond acceptors (Lipinski definition) is 5. The van der Waals surface area contributed by atoms with Gasteiger partial charge in [-0.25, -0.2) is 9.78 Å². The Morgan fingerprint density at radius 3 is 2.68 bits per heavy atom. The van der Waals surface area contributed by atoms with Crippen molar-refractivity contribution in [3.63, 3.8) is 0 Å². The number of rotatable bonds is 6. The first-order valence-corrected chi connectivity index (χ1v) is 11.9. The van der Waals surface area contributed by atoms with E-state index in [4.69, 9.17) is 9.47 Å². The second-order valence-corrected chi connectivity index (χ2v) is 8.94. The van der Waals surface area contributed by atoms with Gasteiger partial charge in [0.05, 0.1) is 24.3 Å². The summed E-state index contributed by atoms with van der Waals surface area (Å²) in [5, 5.41) is 1.21. The molecule has 1 aromatic carbocycles. The number of carbonyl (C=O) groups is 1. The molecule has 0 saturated carbocycles. The maximum atomic E-state index is 12.0. The number of ether oxygens (including phenoxy) is 2. The van der Waals surface area contributed by atoms with Crippen LogP contribution < -0.4 is 0 Å². The van der Waals surface area contributed by atoms with Crippen LogP contribution in [0.3, 0.4) is 0 Å². The highest BCUT2D eigenvalue weighted by atomic mass is 32.2. The van der Waals surface area contributed by atoms with Crippen molar-refractivity contribution < 1.29 is 14.3 Å². The second-order valence-electron chi connectivity index (χ2n) is 8.07. The number of fused-ring (bicyclic) bond motifs is 1. The number of carbonyl (C=O) groups excluding carboxylic acids is 1. The Morgan fingerprint density at radius 2 is 2.00 bits per heavy atom. The van der Waals surface area contributed by atoms with Gasteiger partial charge < -0.3 is 18.9 Å². The van der Waals surface area contributed by atoms with Crippen LogP contribution in [0.1, 0.15) is 32.3 Å². The molecule has 0 atom stereocenters. The van der Waals surface area contributed by atoms with E-state index in [9.17, 15) is 4.79 Å². The van der Waals surface area contributed by atoms with E-state index >= 15 is 0 Å². The van der Waals surface area contributed by atoms with E-state index in [0.29, 0.717) is 19.7 Å². The molecule has 1 aliphatic rings. The van der Waals surface area contributed by atoms with E-state index < -0.39 is 0 Å². The van der Waals surface area contributed by atoms with Gasteiger partial charge in [-0.1, -0.05) is 6.07 Å². The van der Waals surface area contributed by atoms with Gasteiger partial charge >= 0.3 is 6.09 Å². The van der Waals surface area contributed by atoms with Crippen molar-refractivity contribution in [2.45, 2.75) is 50.4 Å². The van der Waals surface area contributed by atoms with Crippen LogP contribution in [0.25, 0.3) is 16.7 Å². The second kappa shape index (κ2) is 9.75. The van der Waals surface area contributed by atoms with Crippen molar-refractivity contribution in [2.24, 2.45) is 0 Å². The lowest BCUT2D eigenvalue weighted by Crippen LogP contribution is -2.41. The zero-order chi connectivity index (χ0) is 21.8. The zero-order valence-electron chi connectivity index (χ0n) is 18.3. The highest BCUT2D eigenvalue weighted by molar-refractivity contribution is 7.98. The Kier molecular flexibility index (Phi) is 6.83. The average Bonchev–Trinajstić information content (AvgIpc) is 3.21. The first-order chi connectivity index (χ1) is 15.0. The third-order valence-corrected chi connectivity index (χ3v) is 6.20. The summed E-state index contributed by atoms with van der Waals surface area (Å²) < 4.78 is 13.5. The quantitative estimate of drug-likeness (QED) is 0.490. The first-order valence-electron chi connectivity index (χ1n) is 10.7. The van der Waals surface area contributed by atoms with Crippen molar-refractivity contribution in [3.05, 3.63) is 54.4 Å². The first kappa shape index (κ1) is 21.7. The van der Waals surface area contributed by atoms with Gasteiger partial charge in [0.25, 0.3) is 0 Å². The number of amides is 1. The lowest BCUT2D eigenvalue weighted by atomic mass is 10.1. The molecule has 3 aromatic rings. The molecule has 2 aromatic heterocycles. The molecule has 3 heterocycles. The van der Waals surface area contributed by atoms with Gasteiger partial charge in [-0.3, -0.25) is 0 Å². The van der Waals surface area contributed by atoms with Gasteiger partial charge in [0.1, 0.15) is 5.82 Å². The van der Waals surface area contributed by atoms with Crippen LogP contribution in [0.2, 0.25) is 0 Å². The van der Waals surface area contributed by atoms with Gasteiger partial charge in [-0.2, -0.15) is 0 Å². The van der Waals surface area contributed by atoms with E-state index in [1.165, 1.54) is 10.3 Å². The third-order valence-electron chi connectivity index (χ3n) is 5.48. The minimum absolute atomic E-state index is 0.0886. The van der Waals surface area contributed by atoms with E-state index in [1.54, 1.807) is 16.7 Å². The van der Waals surface area contributed by atoms with Gasteiger partial charge in [-0.05, 0) is 68.8 Å². The molecule has 0 radical (unpaired) electrons. The SMILES string of the molecule is CSc1ccc2c(ccn2-c2ccc(COC3CCN(C(=O)OC(C)C)CC3)cn2)c1. The molecule has 0 aliphatic carbocycles. The van der Waals surface area contributed by atoms with Gasteiger partial charge in [0.15, 0.2) is 0 Å². The predicted molar refractivity (Wildman–Crippen MR) is 124 cm³/mol. The molecule has 1 saturated heterocycles. The molecule has 0 unspecified atom stereocenters. The van der Waals surface area contributed by atoms with Crippen molar-refractivity contribution in [3.8, 4) is 5.82 Å². The summed E-state index contributed by atoms with van der Waals surface area (Å²) >= 11 is 1.75. The van der Waals surface area contributed by atoms with Gasteiger partial charge in [0, 0.05) is 35.8 Å². The summed E-state index contributed by atoms with van der Waals surface area (Å²) in [6, 6.07) is 12.7. The van der Waals surface area contributed by atoms with Crippen LogP contribution >= 0.6 is 11.8 Å². The summed E-state index contributed by atoms with van der Waals surface area (Å²) in [4.78, 5) is 19.7. The van der Waals surface area contributed by atoms with E-state index in [1.807, 2.05) is 26.1 Å². The summed E-state index contributed by atoms with van der Waals surface area (Å²) in [5.74, 6) is 0.896. The zero-order valence-corrected chi connectivity index (χ0v) is 19.1. The van der Waals surface area contributed by atoms with Crippen LogP contribution in [0.4, 0.5) is 4.79 Å². The monoisotopic (exact) mass is 439 g/mol. The molecule has 1 amide bonds. The van der Waals surface area contributed by atoms with Crippen LogP contribution in [0.5, 0.6) is 0 Å². The molecular weight excluding hydrogens is 410 g/mol. The number of aromatic nitrogens is 2. The molecule has 31 heavy (non-hydrogen) atoms. The Labute approximate surface area is 187 Å². The molecule has 0 N–H and O–H groups in total. The fourth-order valence-electron chi connectivity index (χ4n) is 3.79. The predicted octanol–water partition coefficient (Wildman–Crippen LogP) is 5.27. The van der Waals surface area contributed by atoms with Crippen LogP contribution in [-0.4, -0.2) is 52.1 Å². The number of piperidine rings is 1. The molecular formula is C24H29N3O3S. The number of nitrogens with zero attached hydrogens (tertiary/aromatic N) is 3. The highest BCUT2D eigenvalue weighted by Gasteiger charge is 2.24. The lowest BCUT2D eigenvalue weighted by molar-refractivity contribution is -0.00624. The van der Waals surface area contributed by atoms with E-state index in [2.05, 4.69) is 52.3 Å². The van der Waals surface area contributed by atoms with E-state index in [0.717, 1.165) is 29.7 Å². The maximum Gasteiger partial charge on any atom is 0.410 e. The minimum Gasteiger partial charge on any atom is -0.447 e. The molecule has 164 valence electrons. The van der Waals surface area contributed by atoms with Gasteiger partial charge in [0.2, 0.25) is 0 Å².